The fraction of sp³-hybridized carbons (Fsp3) is 0.769. The Morgan fingerprint density at radius 2 is 2.05 bits per heavy atom. The average molecular weight is 282 g/mol. The minimum atomic E-state index is -0.541. The van der Waals surface area contributed by atoms with E-state index in [-0.39, 0.29) is 24.4 Å². The molecule has 0 aliphatic carbocycles. The zero-order valence-electron chi connectivity index (χ0n) is 11.7. The van der Waals surface area contributed by atoms with Crippen LogP contribution in [0.25, 0.3) is 0 Å². The third kappa shape index (κ3) is 2.92. The molecule has 112 valence electrons. The number of nitrogens with two attached hydrogens (primary N) is 1. The second-order valence-electron chi connectivity index (χ2n) is 5.48. The van der Waals surface area contributed by atoms with Gasteiger partial charge in [0.25, 0.3) is 0 Å². The highest BCUT2D eigenvalue weighted by Crippen LogP contribution is 2.31. The lowest BCUT2D eigenvalue weighted by Gasteiger charge is -2.29. The first-order chi connectivity index (χ1) is 9.54. The minimum Gasteiger partial charge on any atom is -0.368 e. The normalized spacial score (nSPS) is 29.8. The van der Waals surface area contributed by atoms with Gasteiger partial charge in [-0.1, -0.05) is 0 Å². The molecule has 0 radical (unpaired) electrons. The van der Waals surface area contributed by atoms with Gasteiger partial charge in [0.15, 0.2) is 0 Å². The summed E-state index contributed by atoms with van der Waals surface area (Å²) in [6.45, 7) is 0.173. The molecule has 7 heteroatoms. The van der Waals surface area contributed by atoms with E-state index in [0.717, 1.165) is 19.3 Å². The van der Waals surface area contributed by atoms with Gasteiger partial charge in [-0.2, -0.15) is 0 Å². The predicted molar refractivity (Wildman–Crippen MR) is 72.6 cm³/mol. The van der Waals surface area contributed by atoms with Crippen LogP contribution in [0, 0.1) is 0 Å². The molecule has 2 aliphatic heterocycles. The van der Waals surface area contributed by atoms with Crippen LogP contribution >= 0.6 is 0 Å². The van der Waals surface area contributed by atoms with Gasteiger partial charge in [-0.25, -0.2) is 0 Å². The maximum Gasteiger partial charge on any atom is 0.246 e. The molecule has 3 atom stereocenters. The van der Waals surface area contributed by atoms with Gasteiger partial charge in [0, 0.05) is 6.04 Å². The zero-order valence-corrected chi connectivity index (χ0v) is 11.7. The van der Waals surface area contributed by atoms with Crippen molar-refractivity contribution < 1.29 is 14.4 Å². The van der Waals surface area contributed by atoms with E-state index in [9.17, 15) is 14.4 Å². The van der Waals surface area contributed by atoms with Crippen LogP contribution in [0.2, 0.25) is 0 Å². The van der Waals surface area contributed by atoms with Crippen molar-refractivity contribution in [3.05, 3.63) is 0 Å². The molecule has 20 heavy (non-hydrogen) atoms. The third-order valence-electron chi connectivity index (χ3n) is 4.09. The lowest BCUT2D eigenvalue weighted by atomic mass is 10.1. The van der Waals surface area contributed by atoms with Gasteiger partial charge in [-0.15, -0.1) is 0 Å². The van der Waals surface area contributed by atoms with Gasteiger partial charge in [0.05, 0.1) is 6.54 Å². The number of nitrogens with zero attached hydrogens (tertiary/aromatic N) is 1. The van der Waals surface area contributed by atoms with Crippen molar-refractivity contribution in [2.75, 3.05) is 13.6 Å². The molecule has 0 aromatic rings. The van der Waals surface area contributed by atoms with Gasteiger partial charge < -0.3 is 21.3 Å². The number of amides is 3. The number of hydrogen-bond donors (Lipinski definition) is 3. The molecule has 0 saturated carbocycles. The number of fused-ring (bicyclic) bond motifs is 1. The fourth-order valence-corrected chi connectivity index (χ4v) is 3.18. The van der Waals surface area contributed by atoms with Gasteiger partial charge in [0.2, 0.25) is 17.7 Å². The van der Waals surface area contributed by atoms with Crippen LogP contribution in [0.15, 0.2) is 0 Å². The van der Waals surface area contributed by atoms with E-state index < -0.39 is 18.0 Å². The Morgan fingerprint density at radius 1 is 1.30 bits per heavy atom. The summed E-state index contributed by atoms with van der Waals surface area (Å²) in [7, 11) is 1.67. The van der Waals surface area contributed by atoms with E-state index in [0.29, 0.717) is 12.8 Å². The summed E-state index contributed by atoms with van der Waals surface area (Å²) >= 11 is 0. The van der Waals surface area contributed by atoms with Gasteiger partial charge in [-0.3, -0.25) is 14.4 Å². The molecule has 3 amide bonds. The smallest absolute Gasteiger partial charge is 0.246 e. The Hall–Kier alpha value is -1.63. The topological polar surface area (TPSA) is 105 Å². The summed E-state index contributed by atoms with van der Waals surface area (Å²) in [6, 6.07) is -0.971. The maximum atomic E-state index is 12.6. The molecule has 2 aliphatic rings. The summed E-state index contributed by atoms with van der Waals surface area (Å²) in [5.74, 6) is -0.833. The van der Waals surface area contributed by atoms with Gasteiger partial charge >= 0.3 is 0 Å². The first-order valence-electron chi connectivity index (χ1n) is 7.10. The van der Waals surface area contributed by atoms with Crippen LogP contribution in [0.1, 0.15) is 32.1 Å². The number of hydrogen-bond acceptors (Lipinski definition) is 4. The lowest BCUT2D eigenvalue weighted by Crippen LogP contribution is -2.54. The van der Waals surface area contributed by atoms with E-state index in [4.69, 9.17) is 5.73 Å². The molecule has 2 rings (SSSR count). The van der Waals surface area contributed by atoms with E-state index >= 15 is 0 Å². The maximum absolute atomic E-state index is 12.6. The number of carbonyl (C=O) groups excluding carboxylic acids is 3. The quantitative estimate of drug-likeness (QED) is 0.597. The Morgan fingerprint density at radius 3 is 2.70 bits per heavy atom. The molecular formula is C13H22N4O3. The fourth-order valence-electron chi connectivity index (χ4n) is 3.18. The summed E-state index contributed by atoms with van der Waals surface area (Å²) in [5.41, 5.74) is 5.38. The molecule has 0 aromatic carbocycles. The molecule has 4 N–H and O–H groups in total. The molecule has 7 nitrogen and oxygen atoms in total. The monoisotopic (exact) mass is 282 g/mol. The van der Waals surface area contributed by atoms with Crippen LogP contribution < -0.4 is 16.4 Å². The van der Waals surface area contributed by atoms with Crippen LogP contribution in [0.5, 0.6) is 0 Å². The molecule has 2 saturated heterocycles. The van der Waals surface area contributed by atoms with E-state index in [2.05, 4.69) is 10.6 Å². The first kappa shape index (κ1) is 14.8. The van der Waals surface area contributed by atoms with E-state index in [1.807, 2.05) is 0 Å². The van der Waals surface area contributed by atoms with Crippen LogP contribution in [-0.4, -0.2) is 54.3 Å². The van der Waals surface area contributed by atoms with Crippen LogP contribution in [0.4, 0.5) is 0 Å². The van der Waals surface area contributed by atoms with E-state index in [1.54, 1.807) is 11.9 Å². The largest absolute Gasteiger partial charge is 0.368 e. The minimum absolute atomic E-state index is 0.0891. The van der Waals surface area contributed by atoms with Crippen molar-refractivity contribution in [2.45, 2.75) is 50.2 Å². The van der Waals surface area contributed by atoms with Crippen molar-refractivity contribution in [1.82, 2.24) is 15.5 Å². The third-order valence-corrected chi connectivity index (χ3v) is 4.09. The van der Waals surface area contributed by atoms with Crippen LogP contribution in [0.3, 0.4) is 0 Å². The zero-order chi connectivity index (χ0) is 14.7. The highest BCUT2D eigenvalue weighted by Gasteiger charge is 2.43. The predicted octanol–water partition coefficient (Wildman–Crippen LogP) is -1.28. The van der Waals surface area contributed by atoms with Crippen molar-refractivity contribution in [1.29, 1.82) is 0 Å². The molecule has 0 aromatic heterocycles. The van der Waals surface area contributed by atoms with Gasteiger partial charge in [-0.05, 0) is 39.2 Å². The van der Waals surface area contributed by atoms with Crippen molar-refractivity contribution in [3.63, 3.8) is 0 Å². The second-order valence-corrected chi connectivity index (χ2v) is 5.48. The summed E-state index contributed by atoms with van der Waals surface area (Å²) in [6.07, 6.45) is 3.79. The van der Waals surface area contributed by atoms with Gasteiger partial charge in [0.1, 0.15) is 12.1 Å². The first-order valence-corrected chi connectivity index (χ1v) is 7.10. The number of primary amides is 1. The lowest BCUT2D eigenvalue weighted by molar-refractivity contribution is -0.141. The molecular weight excluding hydrogens is 260 g/mol. The summed E-state index contributed by atoms with van der Waals surface area (Å²) in [4.78, 5) is 37.3. The molecule has 2 heterocycles. The SMILES string of the molecule is CNCC(=O)N[C@H]1CCCC2CC[C@@H](C(N)=O)N2C1=O. The van der Waals surface area contributed by atoms with Crippen LogP contribution in [-0.2, 0) is 14.4 Å². The molecule has 2 fully saturated rings. The Kier molecular flexibility index (Phi) is 4.59. The Balaban J connectivity index is 2.10. The summed E-state index contributed by atoms with van der Waals surface area (Å²) < 4.78 is 0. The number of carbonyl (C=O) groups is 3. The average Bonchev–Trinajstić information content (AvgIpc) is 2.75. The van der Waals surface area contributed by atoms with Crippen molar-refractivity contribution >= 4 is 17.7 Å². The Labute approximate surface area is 118 Å². The molecule has 0 spiro atoms. The van der Waals surface area contributed by atoms with Crippen molar-refractivity contribution in [2.24, 2.45) is 5.73 Å². The highest BCUT2D eigenvalue weighted by atomic mass is 16.2. The highest BCUT2D eigenvalue weighted by molar-refractivity contribution is 5.92. The summed E-state index contributed by atoms with van der Waals surface area (Å²) in [5, 5.41) is 5.49. The second kappa shape index (κ2) is 6.21. The Bertz CT molecular complexity index is 412. The number of likely N-dealkylation sites (N-methyl/N-ethyl adjacent to an activating group) is 1. The number of rotatable bonds is 4. The van der Waals surface area contributed by atoms with E-state index in [1.165, 1.54) is 0 Å². The molecule has 0 bridgehead atoms. The number of nitrogens with one attached hydrogen (secondary N) is 2. The molecule has 1 unspecified atom stereocenters. The standard InChI is InChI=1S/C13H22N4O3/c1-15-7-11(18)16-9-4-2-3-8-5-6-10(12(14)19)17(8)13(9)20/h8-10,15H,2-7H2,1H3,(H2,14,19)(H,16,18)/t8?,9-,10-/m0/s1. The van der Waals surface area contributed by atoms with Crippen molar-refractivity contribution in [3.8, 4) is 0 Å².